The second-order valence-corrected chi connectivity index (χ2v) is 7.18. The first-order valence-corrected chi connectivity index (χ1v) is 7.85. The van der Waals surface area contributed by atoms with Crippen LogP contribution in [0.25, 0.3) is 0 Å². The molecule has 0 radical (unpaired) electrons. The lowest BCUT2D eigenvalue weighted by Gasteiger charge is -2.21. The third-order valence-corrected chi connectivity index (χ3v) is 4.32. The van der Waals surface area contributed by atoms with Crippen molar-refractivity contribution in [2.75, 3.05) is 5.32 Å². The molecular weight excluding hydrogens is 301 g/mol. The van der Waals surface area contributed by atoms with E-state index in [1.54, 1.807) is 0 Å². The summed E-state index contributed by atoms with van der Waals surface area (Å²) in [6.45, 7) is 8.76. The molecule has 0 heterocycles. The van der Waals surface area contributed by atoms with Crippen LogP contribution in [0.1, 0.15) is 44.9 Å². The highest BCUT2D eigenvalue weighted by Crippen LogP contribution is 2.28. The molecule has 0 fully saturated rings. The topological polar surface area (TPSA) is 12.0 Å². The molecule has 0 aliphatic rings. The van der Waals surface area contributed by atoms with Gasteiger partial charge in [-0.15, -0.1) is 0 Å². The maximum atomic E-state index is 6.07. The van der Waals surface area contributed by atoms with E-state index in [2.05, 4.69) is 57.3 Å². The molecule has 21 heavy (non-hydrogen) atoms. The molecule has 112 valence electrons. The van der Waals surface area contributed by atoms with Gasteiger partial charge in [0.05, 0.1) is 10.0 Å². The van der Waals surface area contributed by atoms with Crippen molar-refractivity contribution < 1.29 is 0 Å². The molecule has 1 unspecified atom stereocenters. The van der Waals surface area contributed by atoms with Crippen LogP contribution >= 0.6 is 23.2 Å². The molecule has 0 aliphatic carbocycles. The Morgan fingerprint density at radius 1 is 0.905 bits per heavy atom. The smallest absolute Gasteiger partial charge is 0.0595 e. The largest absolute Gasteiger partial charge is 0.379 e. The van der Waals surface area contributed by atoms with Crippen LogP contribution in [-0.4, -0.2) is 0 Å². The highest BCUT2D eigenvalue weighted by atomic mass is 35.5. The highest BCUT2D eigenvalue weighted by Gasteiger charge is 2.13. The third kappa shape index (κ3) is 4.15. The minimum atomic E-state index is 0.167. The molecule has 0 aliphatic heterocycles. The van der Waals surface area contributed by atoms with E-state index in [0.717, 1.165) is 11.3 Å². The maximum Gasteiger partial charge on any atom is 0.0595 e. The SMILES string of the molecule is CC(Nc1ccc(C(C)(C)C)cc1)c1ccc(Cl)c(Cl)c1. The summed E-state index contributed by atoms with van der Waals surface area (Å²) in [5.41, 5.74) is 3.72. The number of benzene rings is 2. The van der Waals surface area contributed by atoms with E-state index in [9.17, 15) is 0 Å². The lowest BCUT2D eigenvalue weighted by Crippen LogP contribution is -2.11. The van der Waals surface area contributed by atoms with E-state index in [-0.39, 0.29) is 11.5 Å². The van der Waals surface area contributed by atoms with Crippen LogP contribution in [0.4, 0.5) is 5.69 Å². The average molecular weight is 322 g/mol. The van der Waals surface area contributed by atoms with Crippen LogP contribution in [0, 0.1) is 0 Å². The second-order valence-electron chi connectivity index (χ2n) is 6.37. The van der Waals surface area contributed by atoms with Crippen molar-refractivity contribution in [1.82, 2.24) is 0 Å². The quantitative estimate of drug-likeness (QED) is 0.683. The van der Waals surface area contributed by atoms with E-state index in [1.165, 1.54) is 5.56 Å². The minimum Gasteiger partial charge on any atom is -0.379 e. The van der Waals surface area contributed by atoms with E-state index in [4.69, 9.17) is 23.2 Å². The van der Waals surface area contributed by atoms with Gasteiger partial charge < -0.3 is 5.32 Å². The molecule has 1 nitrogen and oxygen atoms in total. The number of hydrogen-bond acceptors (Lipinski definition) is 1. The number of anilines is 1. The van der Waals surface area contributed by atoms with Gasteiger partial charge in [-0.05, 0) is 47.7 Å². The van der Waals surface area contributed by atoms with Crippen molar-refractivity contribution in [3.05, 3.63) is 63.6 Å². The van der Waals surface area contributed by atoms with Crippen LogP contribution in [0.2, 0.25) is 10.0 Å². The van der Waals surface area contributed by atoms with Crippen LogP contribution in [0.15, 0.2) is 42.5 Å². The van der Waals surface area contributed by atoms with Crippen molar-refractivity contribution in [1.29, 1.82) is 0 Å². The number of nitrogens with one attached hydrogen (secondary N) is 1. The summed E-state index contributed by atoms with van der Waals surface area (Å²) < 4.78 is 0. The number of hydrogen-bond donors (Lipinski definition) is 1. The molecule has 0 aromatic heterocycles. The number of halogens is 2. The van der Waals surface area contributed by atoms with Crippen LogP contribution < -0.4 is 5.32 Å². The molecular formula is C18H21Cl2N. The molecule has 0 saturated carbocycles. The average Bonchev–Trinajstić information content (AvgIpc) is 2.41. The molecule has 2 aromatic carbocycles. The molecule has 2 aromatic rings. The molecule has 0 spiro atoms. The summed E-state index contributed by atoms with van der Waals surface area (Å²) >= 11 is 12.0. The monoisotopic (exact) mass is 321 g/mol. The highest BCUT2D eigenvalue weighted by molar-refractivity contribution is 6.42. The fourth-order valence-corrected chi connectivity index (χ4v) is 2.49. The summed E-state index contributed by atoms with van der Waals surface area (Å²) in [5, 5.41) is 4.66. The van der Waals surface area contributed by atoms with Gasteiger partial charge >= 0.3 is 0 Å². The van der Waals surface area contributed by atoms with Gasteiger partial charge in [-0.1, -0.05) is 62.2 Å². The van der Waals surface area contributed by atoms with Gasteiger partial charge in [-0.25, -0.2) is 0 Å². The Bertz CT molecular complexity index is 612. The zero-order valence-corrected chi connectivity index (χ0v) is 14.4. The van der Waals surface area contributed by atoms with E-state index < -0.39 is 0 Å². The summed E-state index contributed by atoms with van der Waals surface area (Å²) in [4.78, 5) is 0. The Hall–Kier alpha value is -1.18. The van der Waals surface area contributed by atoms with Crippen molar-refractivity contribution in [3.63, 3.8) is 0 Å². The van der Waals surface area contributed by atoms with Crippen LogP contribution in [0.5, 0.6) is 0 Å². The fraction of sp³-hybridized carbons (Fsp3) is 0.333. The van der Waals surface area contributed by atoms with Gasteiger partial charge in [0.1, 0.15) is 0 Å². The van der Waals surface area contributed by atoms with Gasteiger partial charge in [0.15, 0.2) is 0 Å². The van der Waals surface area contributed by atoms with Crippen molar-refractivity contribution in [2.24, 2.45) is 0 Å². The summed E-state index contributed by atoms with van der Waals surface area (Å²) in [6, 6.07) is 14.5. The first kappa shape index (κ1) is 16.2. The normalized spacial score (nSPS) is 13.0. The molecule has 2 rings (SSSR count). The number of rotatable bonds is 3. The summed E-state index contributed by atoms with van der Waals surface area (Å²) in [7, 11) is 0. The van der Waals surface area contributed by atoms with E-state index in [1.807, 2.05) is 18.2 Å². The summed E-state index contributed by atoms with van der Waals surface area (Å²) in [6.07, 6.45) is 0. The Morgan fingerprint density at radius 3 is 2.05 bits per heavy atom. The summed E-state index contributed by atoms with van der Waals surface area (Å²) in [5.74, 6) is 0. The van der Waals surface area contributed by atoms with Gasteiger partial charge in [-0.2, -0.15) is 0 Å². The van der Waals surface area contributed by atoms with Crippen LogP contribution in [-0.2, 0) is 5.41 Å². The van der Waals surface area contributed by atoms with Gasteiger partial charge in [0.25, 0.3) is 0 Å². The Labute approximate surface area is 137 Å². The van der Waals surface area contributed by atoms with Gasteiger partial charge in [-0.3, -0.25) is 0 Å². The predicted molar refractivity (Wildman–Crippen MR) is 93.6 cm³/mol. The third-order valence-electron chi connectivity index (χ3n) is 3.58. The molecule has 1 atom stereocenters. The van der Waals surface area contributed by atoms with Crippen molar-refractivity contribution in [3.8, 4) is 0 Å². The zero-order valence-electron chi connectivity index (χ0n) is 12.9. The van der Waals surface area contributed by atoms with Crippen LogP contribution in [0.3, 0.4) is 0 Å². The molecule has 1 N–H and O–H groups in total. The Morgan fingerprint density at radius 2 is 1.52 bits per heavy atom. The van der Waals surface area contributed by atoms with E-state index >= 15 is 0 Å². The Kier molecular flexibility index (Phi) is 4.85. The predicted octanol–water partition coefficient (Wildman–Crippen LogP) is 6.46. The maximum absolute atomic E-state index is 6.07. The first-order valence-electron chi connectivity index (χ1n) is 7.09. The second kappa shape index (κ2) is 6.29. The van der Waals surface area contributed by atoms with Crippen molar-refractivity contribution in [2.45, 2.75) is 39.2 Å². The molecule has 3 heteroatoms. The van der Waals surface area contributed by atoms with Gasteiger partial charge in [0, 0.05) is 11.7 Å². The van der Waals surface area contributed by atoms with Crippen molar-refractivity contribution >= 4 is 28.9 Å². The molecule has 0 bridgehead atoms. The zero-order chi connectivity index (χ0) is 15.6. The lowest BCUT2D eigenvalue weighted by atomic mass is 9.87. The standard InChI is InChI=1S/C18H21Cl2N/c1-12(13-5-10-16(19)17(20)11-13)21-15-8-6-14(7-9-15)18(2,3)4/h5-12,21H,1-4H3. The van der Waals surface area contributed by atoms with Gasteiger partial charge in [0.2, 0.25) is 0 Å². The Balaban J connectivity index is 2.12. The first-order chi connectivity index (χ1) is 9.77. The van der Waals surface area contributed by atoms with E-state index in [0.29, 0.717) is 10.0 Å². The minimum absolute atomic E-state index is 0.167. The fourth-order valence-electron chi connectivity index (χ4n) is 2.18. The molecule has 0 amide bonds. The molecule has 0 saturated heterocycles. The lowest BCUT2D eigenvalue weighted by molar-refractivity contribution is 0.590.